The Kier molecular flexibility index (Phi) is 7.28. The molecule has 1 N–H and O–H groups in total. The highest BCUT2D eigenvalue weighted by Gasteiger charge is 2.72. The summed E-state index contributed by atoms with van der Waals surface area (Å²) in [5.41, 5.74) is 0.640. The average molecular weight is 648 g/mol. The van der Waals surface area contributed by atoms with Crippen molar-refractivity contribution in [3.8, 4) is 11.1 Å². The van der Waals surface area contributed by atoms with Crippen molar-refractivity contribution in [2.45, 2.75) is 46.3 Å². The number of nitrogens with zero attached hydrogens (tertiary/aromatic N) is 4. The molecule has 3 fully saturated rings. The van der Waals surface area contributed by atoms with Crippen LogP contribution in [0.25, 0.3) is 21.3 Å². The number of benzene rings is 1. The van der Waals surface area contributed by atoms with Crippen molar-refractivity contribution in [1.82, 2.24) is 20.2 Å². The highest BCUT2D eigenvalue weighted by molar-refractivity contribution is 7.19. The van der Waals surface area contributed by atoms with Gasteiger partial charge < -0.3 is 5.32 Å². The topological polar surface area (TPSA) is 95.5 Å². The van der Waals surface area contributed by atoms with Gasteiger partial charge in [0.05, 0.1) is 40.0 Å². The predicted molar refractivity (Wildman–Crippen MR) is 168 cm³/mol. The second-order valence-corrected chi connectivity index (χ2v) is 14.0. The van der Waals surface area contributed by atoms with Gasteiger partial charge in [-0.1, -0.05) is 32.0 Å². The summed E-state index contributed by atoms with van der Waals surface area (Å²) in [6.07, 6.45) is -2.00. The molecule has 7 rings (SSSR count). The van der Waals surface area contributed by atoms with Gasteiger partial charge >= 0.3 is 6.18 Å². The molecule has 2 unspecified atom stereocenters. The molecule has 238 valence electrons. The molecule has 12 heteroatoms. The average Bonchev–Trinajstić information content (AvgIpc) is 3.26. The smallest absolute Gasteiger partial charge is 0.317 e. The molecule has 4 aromatic rings. The van der Waals surface area contributed by atoms with Gasteiger partial charge in [0, 0.05) is 33.8 Å². The minimum atomic E-state index is -4.73. The van der Waals surface area contributed by atoms with E-state index in [1.165, 1.54) is 34.3 Å². The number of piperidine rings is 2. The van der Waals surface area contributed by atoms with Gasteiger partial charge in [0.2, 0.25) is 17.7 Å². The van der Waals surface area contributed by atoms with Crippen LogP contribution in [0.2, 0.25) is 0 Å². The summed E-state index contributed by atoms with van der Waals surface area (Å²) < 4.78 is 43.3. The van der Waals surface area contributed by atoms with E-state index in [2.05, 4.69) is 15.3 Å². The molecule has 8 nitrogen and oxygen atoms in total. The van der Waals surface area contributed by atoms with E-state index in [0.29, 0.717) is 52.3 Å². The number of fused-ring (bicyclic) bond motifs is 2. The largest absolute Gasteiger partial charge is 0.433 e. The normalized spacial score (nSPS) is 21.1. The van der Waals surface area contributed by atoms with Gasteiger partial charge in [0.25, 0.3) is 0 Å². The van der Waals surface area contributed by atoms with Crippen molar-refractivity contribution in [3.63, 3.8) is 0 Å². The summed E-state index contributed by atoms with van der Waals surface area (Å²) in [5.74, 6) is -1.54. The summed E-state index contributed by atoms with van der Waals surface area (Å²) >= 11 is 1.28. The van der Waals surface area contributed by atoms with Crippen LogP contribution in [0.5, 0.6) is 0 Å². The number of para-hydroxylation sites is 1. The Hall–Kier alpha value is -4.16. The third-order valence-corrected chi connectivity index (χ3v) is 10.7. The first-order valence-electron chi connectivity index (χ1n) is 15.3. The minimum Gasteiger partial charge on any atom is -0.317 e. The van der Waals surface area contributed by atoms with Gasteiger partial charge in [-0.25, -0.2) is 4.98 Å². The van der Waals surface area contributed by atoms with E-state index < -0.39 is 11.9 Å². The van der Waals surface area contributed by atoms with Gasteiger partial charge in [0.1, 0.15) is 5.69 Å². The second-order valence-electron chi connectivity index (χ2n) is 12.8. The Labute approximate surface area is 267 Å². The maximum atomic E-state index is 14.3. The van der Waals surface area contributed by atoms with Gasteiger partial charge in [-0.15, -0.1) is 11.3 Å². The highest BCUT2D eigenvalue weighted by atomic mass is 32.1. The maximum absolute atomic E-state index is 14.3. The molecule has 3 aromatic heterocycles. The number of hydrogen-bond acceptors (Lipinski definition) is 7. The molecule has 2 aliphatic heterocycles. The number of aromatic nitrogens is 2. The van der Waals surface area contributed by atoms with E-state index in [9.17, 15) is 27.6 Å². The molecule has 2 saturated heterocycles. The summed E-state index contributed by atoms with van der Waals surface area (Å²) in [4.78, 5) is 52.3. The minimum absolute atomic E-state index is 0.0628. The first-order chi connectivity index (χ1) is 21.9. The van der Waals surface area contributed by atoms with E-state index in [4.69, 9.17) is 0 Å². The summed E-state index contributed by atoms with van der Waals surface area (Å²) in [7, 11) is 0. The molecule has 5 heterocycles. The number of anilines is 2. The zero-order chi connectivity index (χ0) is 32.5. The first-order valence-corrected chi connectivity index (χ1v) is 16.1. The van der Waals surface area contributed by atoms with Crippen molar-refractivity contribution < 1.29 is 27.6 Å². The molecule has 1 aliphatic carbocycles. The summed E-state index contributed by atoms with van der Waals surface area (Å²) in [5, 5.41) is 3.26. The molecule has 46 heavy (non-hydrogen) atoms. The monoisotopic (exact) mass is 647 g/mol. The van der Waals surface area contributed by atoms with E-state index in [1.54, 1.807) is 36.4 Å². The molecule has 3 aliphatic rings. The lowest BCUT2D eigenvalue weighted by atomic mass is 9.94. The highest BCUT2D eigenvalue weighted by Crippen LogP contribution is 2.63. The van der Waals surface area contributed by atoms with Crippen molar-refractivity contribution in [2.75, 3.05) is 18.0 Å². The number of carbonyl (C=O) groups excluding carboxylic acids is 3. The fraction of sp³-hybridized carbons (Fsp3) is 0.382. The molecular formula is C34H32F3N5O3S. The molecular weight excluding hydrogens is 615 g/mol. The SMILES string of the molecule is Cc1nc(C(F)(F)F)cc(-c2ccnc3cc(CN4C(=O)C5C(C4=O)C5(C)C)sc23)c1N(C(=O)C1CCNCC1)c1ccccc1. The lowest BCUT2D eigenvalue weighted by Gasteiger charge is -2.32. The van der Waals surface area contributed by atoms with E-state index in [-0.39, 0.29) is 64.4 Å². The van der Waals surface area contributed by atoms with Gasteiger partial charge in [-0.3, -0.25) is 29.2 Å². The molecule has 1 aromatic carbocycles. The van der Waals surface area contributed by atoms with Crippen molar-refractivity contribution >= 4 is 50.6 Å². The number of nitrogens with one attached hydrogen (secondary N) is 1. The Morgan fingerprint density at radius 2 is 1.72 bits per heavy atom. The van der Waals surface area contributed by atoms with Gasteiger partial charge in [0.15, 0.2) is 0 Å². The Morgan fingerprint density at radius 1 is 1.04 bits per heavy atom. The number of amides is 3. The predicted octanol–water partition coefficient (Wildman–Crippen LogP) is 6.49. The zero-order valence-electron chi connectivity index (χ0n) is 25.5. The quantitative estimate of drug-likeness (QED) is 0.241. The maximum Gasteiger partial charge on any atom is 0.433 e. The summed E-state index contributed by atoms with van der Waals surface area (Å²) in [6.45, 7) is 6.74. The standard InChI is InChI=1S/C34H32F3N5O3S/c1-18-28(42(20-7-5-4-6-8-20)30(43)19-9-12-38-13-10-19)23(16-25(40-18)34(35,36)37)22-11-14-39-24-15-21(46-29(22)24)17-41-31(44)26-27(32(41)45)33(26,2)3/h4-8,11,14-16,19,26-27,38H,9-10,12-13,17H2,1-3H3. The molecule has 3 amide bonds. The van der Waals surface area contributed by atoms with Crippen LogP contribution in [0.4, 0.5) is 24.5 Å². The summed E-state index contributed by atoms with van der Waals surface area (Å²) in [6, 6.07) is 13.3. The van der Waals surface area contributed by atoms with E-state index >= 15 is 0 Å². The van der Waals surface area contributed by atoms with Gasteiger partial charge in [-0.05, 0) is 68.6 Å². The van der Waals surface area contributed by atoms with Crippen LogP contribution >= 0.6 is 11.3 Å². The van der Waals surface area contributed by atoms with E-state index in [1.807, 2.05) is 19.9 Å². The van der Waals surface area contributed by atoms with Crippen LogP contribution in [0.1, 0.15) is 43.0 Å². The number of carbonyl (C=O) groups is 3. The molecule has 2 atom stereocenters. The number of halogens is 3. The van der Waals surface area contributed by atoms with Crippen LogP contribution in [-0.2, 0) is 27.1 Å². The van der Waals surface area contributed by atoms with Crippen molar-refractivity contribution in [3.05, 3.63) is 71.0 Å². The number of imide groups is 1. The fourth-order valence-electron chi connectivity index (χ4n) is 7.09. The fourth-order valence-corrected chi connectivity index (χ4v) is 8.22. The molecule has 1 saturated carbocycles. The number of pyridine rings is 2. The van der Waals surface area contributed by atoms with Crippen LogP contribution in [0, 0.1) is 30.1 Å². The van der Waals surface area contributed by atoms with Crippen LogP contribution in [0.15, 0.2) is 54.7 Å². The molecule has 0 radical (unpaired) electrons. The lowest BCUT2D eigenvalue weighted by molar-refractivity contribution is -0.144. The Balaban J connectivity index is 1.37. The number of alkyl halides is 3. The van der Waals surface area contributed by atoms with Crippen LogP contribution in [0.3, 0.4) is 0 Å². The third-order valence-electron chi connectivity index (χ3n) is 9.56. The van der Waals surface area contributed by atoms with Crippen molar-refractivity contribution in [1.29, 1.82) is 0 Å². The lowest BCUT2D eigenvalue weighted by Crippen LogP contribution is -2.39. The van der Waals surface area contributed by atoms with Crippen molar-refractivity contribution in [2.24, 2.45) is 23.2 Å². The van der Waals surface area contributed by atoms with Gasteiger partial charge in [-0.2, -0.15) is 13.2 Å². The first kappa shape index (κ1) is 30.5. The number of aryl methyl sites for hydroxylation is 1. The Bertz CT molecular complexity index is 1860. The van der Waals surface area contributed by atoms with E-state index in [0.717, 1.165) is 6.07 Å². The van der Waals surface area contributed by atoms with Crippen LogP contribution < -0.4 is 10.2 Å². The Morgan fingerprint density at radius 3 is 2.37 bits per heavy atom. The van der Waals surface area contributed by atoms with Crippen LogP contribution in [-0.4, -0.2) is 45.7 Å². The number of rotatable bonds is 6. The number of hydrogen-bond donors (Lipinski definition) is 1. The number of thiophene rings is 1. The number of likely N-dealkylation sites (tertiary alicyclic amines) is 1. The third kappa shape index (κ3) is 4.98. The zero-order valence-corrected chi connectivity index (χ0v) is 26.3. The second kappa shape index (κ2) is 11.0. The molecule has 0 spiro atoms. The molecule has 0 bridgehead atoms.